The number of nitrogens with one attached hydrogen (secondary N) is 1. The SMILES string of the molecule is Cc1ncccc1NC(=O)c1ccc2c(c1)C(=O)CC1CC(O)(C(F)(F)F)CC[C@@]21Cc1ccccc1. The molecule has 3 aromatic rings. The highest BCUT2D eigenvalue weighted by atomic mass is 19.4. The molecule has 1 aromatic heterocycles. The molecule has 0 spiro atoms. The summed E-state index contributed by atoms with van der Waals surface area (Å²) in [4.78, 5) is 30.4. The third kappa shape index (κ3) is 4.44. The Morgan fingerprint density at radius 3 is 2.57 bits per heavy atom. The first-order valence-electron chi connectivity index (χ1n) is 12.3. The van der Waals surface area contributed by atoms with Gasteiger partial charge in [-0.1, -0.05) is 36.4 Å². The Morgan fingerprint density at radius 2 is 1.86 bits per heavy atom. The molecule has 1 amide bonds. The van der Waals surface area contributed by atoms with E-state index in [1.165, 1.54) is 0 Å². The van der Waals surface area contributed by atoms with Crippen LogP contribution < -0.4 is 5.32 Å². The number of carbonyl (C=O) groups excluding carboxylic acids is 2. The summed E-state index contributed by atoms with van der Waals surface area (Å²) < 4.78 is 41.4. The highest BCUT2D eigenvalue weighted by Gasteiger charge is 2.62. The maximum Gasteiger partial charge on any atom is 0.417 e. The third-order valence-corrected chi connectivity index (χ3v) is 8.05. The molecule has 8 heteroatoms. The van der Waals surface area contributed by atoms with Crippen LogP contribution in [0.5, 0.6) is 0 Å². The maximum atomic E-state index is 13.8. The summed E-state index contributed by atoms with van der Waals surface area (Å²) in [5.74, 6) is -1.41. The van der Waals surface area contributed by atoms with E-state index in [0.29, 0.717) is 28.9 Å². The van der Waals surface area contributed by atoms with Crippen LogP contribution in [0.15, 0.2) is 66.9 Å². The fraction of sp³-hybridized carbons (Fsp3) is 0.345. The van der Waals surface area contributed by atoms with Gasteiger partial charge in [-0.25, -0.2) is 0 Å². The van der Waals surface area contributed by atoms with E-state index in [2.05, 4.69) is 10.3 Å². The van der Waals surface area contributed by atoms with E-state index in [-0.39, 0.29) is 24.2 Å². The Hall–Kier alpha value is -3.52. The number of ketones is 1. The van der Waals surface area contributed by atoms with Gasteiger partial charge in [0.2, 0.25) is 0 Å². The minimum atomic E-state index is -4.78. The summed E-state index contributed by atoms with van der Waals surface area (Å²) in [6.45, 7) is 1.77. The number of anilines is 1. The van der Waals surface area contributed by atoms with Crippen molar-refractivity contribution >= 4 is 17.4 Å². The maximum absolute atomic E-state index is 13.8. The van der Waals surface area contributed by atoms with E-state index < -0.39 is 41.9 Å². The molecule has 0 bridgehead atoms. The Balaban J connectivity index is 1.55. The topological polar surface area (TPSA) is 79.3 Å². The first-order valence-corrected chi connectivity index (χ1v) is 12.3. The van der Waals surface area contributed by atoms with Crippen molar-refractivity contribution in [1.29, 1.82) is 0 Å². The molecule has 2 N–H and O–H groups in total. The molecule has 0 radical (unpaired) electrons. The summed E-state index contributed by atoms with van der Waals surface area (Å²) in [6.07, 6.45) is -3.74. The quantitative estimate of drug-likeness (QED) is 0.467. The van der Waals surface area contributed by atoms with Crippen molar-refractivity contribution < 1.29 is 27.9 Å². The van der Waals surface area contributed by atoms with Gasteiger partial charge in [0.05, 0.1) is 11.4 Å². The van der Waals surface area contributed by atoms with Gasteiger partial charge in [0.15, 0.2) is 11.4 Å². The van der Waals surface area contributed by atoms with Crippen LogP contribution in [-0.4, -0.2) is 33.6 Å². The number of pyridine rings is 1. The van der Waals surface area contributed by atoms with Crippen LogP contribution in [0.3, 0.4) is 0 Å². The minimum Gasteiger partial charge on any atom is -0.380 e. The van der Waals surface area contributed by atoms with Crippen LogP contribution in [-0.2, 0) is 11.8 Å². The van der Waals surface area contributed by atoms with Crippen molar-refractivity contribution in [2.75, 3.05) is 5.32 Å². The number of hydrogen-bond acceptors (Lipinski definition) is 4. The number of nitrogens with zero attached hydrogens (tertiary/aromatic N) is 1. The molecule has 2 aromatic carbocycles. The predicted molar refractivity (Wildman–Crippen MR) is 132 cm³/mol. The lowest BCUT2D eigenvalue weighted by atomic mass is 9.52. The molecule has 0 aliphatic heterocycles. The lowest BCUT2D eigenvalue weighted by Gasteiger charge is -2.53. The van der Waals surface area contributed by atoms with Crippen LogP contribution in [0.25, 0.3) is 0 Å². The van der Waals surface area contributed by atoms with Crippen molar-refractivity contribution in [3.63, 3.8) is 0 Å². The second kappa shape index (κ2) is 9.10. The van der Waals surface area contributed by atoms with E-state index in [4.69, 9.17) is 0 Å². The molecule has 0 saturated heterocycles. The minimum absolute atomic E-state index is 0.0727. The number of aryl methyl sites for hydroxylation is 1. The summed E-state index contributed by atoms with van der Waals surface area (Å²) in [5, 5.41) is 13.4. The lowest BCUT2D eigenvalue weighted by Crippen LogP contribution is -2.57. The molecule has 5 nitrogen and oxygen atoms in total. The van der Waals surface area contributed by atoms with Crippen molar-refractivity contribution in [2.45, 2.75) is 56.2 Å². The van der Waals surface area contributed by atoms with Gasteiger partial charge in [-0.05, 0) is 73.9 Å². The van der Waals surface area contributed by atoms with Crippen molar-refractivity contribution in [3.05, 3.63) is 94.8 Å². The molecule has 1 fully saturated rings. The summed E-state index contributed by atoms with van der Waals surface area (Å²) in [5.41, 5.74) is -0.153. The zero-order chi connectivity index (χ0) is 26.4. The second-order valence-electron chi connectivity index (χ2n) is 10.2. The first kappa shape index (κ1) is 25.1. The number of carbonyl (C=O) groups is 2. The van der Waals surface area contributed by atoms with Gasteiger partial charge < -0.3 is 10.4 Å². The lowest BCUT2D eigenvalue weighted by molar-refractivity contribution is -0.279. The number of aromatic nitrogens is 1. The van der Waals surface area contributed by atoms with Gasteiger partial charge in [0.25, 0.3) is 5.91 Å². The highest BCUT2D eigenvalue weighted by molar-refractivity contribution is 6.07. The molecule has 1 saturated carbocycles. The second-order valence-corrected chi connectivity index (χ2v) is 10.2. The fourth-order valence-corrected chi connectivity index (χ4v) is 6.00. The van der Waals surface area contributed by atoms with Crippen LogP contribution >= 0.6 is 0 Å². The van der Waals surface area contributed by atoms with Crippen LogP contribution in [0.1, 0.15) is 63.2 Å². The van der Waals surface area contributed by atoms with E-state index in [1.54, 1.807) is 43.5 Å². The van der Waals surface area contributed by atoms with Crippen LogP contribution in [0.2, 0.25) is 0 Å². The number of rotatable bonds is 4. The standard InChI is InChI=1S/C29H27F3N2O3/c1-18-24(8-5-13-33-18)34-26(36)20-9-10-23-22(14-20)25(35)15-21-17-28(37,29(30,31)32)12-11-27(21,23)16-19-6-3-2-4-7-19/h2-10,13-14,21,37H,11-12,15-17H2,1H3,(H,34,36)/t21?,27-,28?/m0/s1. The Kier molecular flexibility index (Phi) is 6.18. The average molecular weight is 509 g/mol. The summed E-state index contributed by atoms with van der Waals surface area (Å²) in [6, 6.07) is 17.8. The predicted octanol–water partition coefficient (Wildman–Crippen LogP) is 5.80. The molecule has 2 aliphatic rings. The van der Waals surface area contributed by atoms with E-state index >= 15 is 0 Å². The molecular formula is C29H27F3N2O3. The number of benzene rings is 2. The zero-order valence-corrected chi connectivity index (χ0v) is 20.3. The van der Waals surface area contributed by atoms with Crippen LogP contribution in [0, 0.1) is 12.8 Å². The molecule has 2 aliphatic carbocycles. The summed E-state index contributed by atoms with van der Waals surface area (Å²) in [7, 11) is 0. The van der Waals surface area contributed by atoms with Gasteiger partial charge in [-0.2, -0.15) is 13.2 Å². The number of amides is 1. The highest BCUT2D eigenvalue weighted by Crippen LogP contribution is 2.57. The van der Waals surface area contributed by atoms with Gasteiger partial charge in [0.1, 0.15) is 0 Å². The van der Waals surface area contributed by atoms with Gasteiger partial charge in [0, 0.05) is 29.2 Å². The number of fused-ring (bicyclic) bond motifs is 3. The van der Waals surface area contributed by atoms with E-state index in [9.17, 15) is 27.9 Å². The number of hydrogen-bond donors (Lipinski definition) is 2. The van der Waals surface area contributed by atoms with E-state index in [0.717, 1.165) is 5.56 Å². The number of Topliss-reactive ketones (excluding diaryl/α,β-unsaturated/α-hetero) is 1. The van der Waals surface area contributed by atoms with Gasteiger partial charge in [-0.3, -0.25) is 14.6 Å². The largest absolute Gasteiger partial charge is 0.417 e. The Labute approximate surface area is 212 Å². The molecular weight excluding hydrogens is 481 g/mol. The van der Waals surface area contributed by atoms with Gasteiger partial charge >= 0.3 is 6.18 Å². The smallest absolute Gasteiger partial charge is 0.380 e. The molecule has 2 unspecified atom stereocenters. The number of aliphatic hydroxyl groups is 1. The fourth-order valence-electron chi connectivity index (χ4n) is 6.00. The summed E-state index contributed by atoms with van der Waals surface area (Å²) >= 11 is 0. The molecule has 37 heavy (non-hydrogen) atoms. The number of alkyl halides is 3. The van der Waals surface area contributed by atoms with Crippen molar-refractivity contribution in [2.24, 2.45) is 5.92 Å². The monoisotopic (exact) mass is 508 g/mol. The van der Waals surface area contributed by atoms with Crippen LogP contribution in [0.4, 0.5) is 18.9 Å². The number of halogens is 3. The third-order valence-electron chi connectivity index (χ3n) is 8.05. The first-order chi connectivity index (χ1) is 17.5. The Morgan fingerprint density at radius 1 is 1.11 bits per heavy atom. The zero-order valence-electron chi connectivity index (χ0n) is 20.3. The van der Waals surface area contributed by atoms with Crippen molar-refractivity contribution in [1.82, 2.24) is 4.98 Å². The molecule has 5 rings (SSSR count). The van der Waals surface area contributed by atoms with Crippen molar-refractivity contribution in [3.8, 4) is 0 Å². The molecule has 3 atom stereocenters. The average Bonchev–Trinajstić information content (AvgIpc) is 2.86. The molecule has 1 heterocycles. The molecule has 192 valence electrons. The van der Waals surface area contributed by atoms with E-state index in [1.807, 2.05) is 30.3 Å². The Bertz CT molecular complexity index is 1360. The normalized spacial score (nSPS) is 25.2. The van der Waals surface area contributed by atoms with Gasteiger partial charge in [-0.15, -0.1) is 0 Å².